The summed E-state index contributed by atoms with van der Waals surface area (Å²) in [5.41, 5.74) is 2.48. The smallest absolute Gasteiger partial charge is 0.0951 e. The van der Waals surface area contributed by atoms with E-state index in [4.69, 9.17) is 0 Å². The van der Waals surface area contributed by atoms with Gasteiger partial charge in [-0.3, -0.25) is 0 Å². The van der Waals surface area contributed by atoms with Crippen molar-refractivity contribution in [3.8, 4) is 0 Å². The molecule has 4 heteroatoms. The Kier molecular flexibility index (Phi) is 3.19. The summed E-state index contributed by atoms with van der Waals surface area (Å²) < 4.78 is 5.59. The lowest BCUT2D eigenvalue weighted by Gasteiger charge is -2.13. The summed E-state index contributed by atoms with van der Waals surface area (Å²) in [5.74, 6) is 0. The van der Waals surface area contributed by atoms with Gasteiger partial charge in [-0.25, -0.2) is 4.98 Å². The van der Waals surface area contributed by atoms with Crippen LogP contribution in [0, 0.1) is 0 Å². The van der Waals surface area contributed by atoms with E-state index in [0.29, 0.717) is 6.04 Å². The van der Waals surface area contributed by atoms with Gasteiger partial charge in [0, 0.05) is 33.8 Å². The van der Waals surface area contributed by atoms with Crippen LogP contribution in [0.2, 0.25) is 0 Å². The third-order valence-electron chi connectivity index (χ3n) is 3.37. The highest BCUT2D eigenvalue weighted by atomic mass is 79.9. The quantitative estimate of drug-likeness (QED) is 0.708. The molecule has 3 rings (SSSR count). The first-order valence-electron chi connectivity index (χ1n) is 6.40. The van der Waals surface area contributed by atoms with Crippen molar-refractivity contribution < 1.29 is 0 Å². The molecule has 0 unspecified atom stereocenters. The van der Waals surface area contributed by atoms with Crippen LogP contribution >= 0.6 is 15.9 Å². The molecule has 0 fully saturated rings. The largest absolute Gasteiger partial charge is 0.341 e. The Morgan fingerprint density at radius 3 is 2.89 bits per heavy atom. The summed E-state index contributed by atoms with van der Waals surface area (Å²) in [5, 5.41) is 1.25. The second kappa shape index (κ2) is 4.85. The molecule has 0 aliphatic heterocycles. The van der Waals surface area contributed by atoms with Crippen LogP contribution in [0.3, 0.4) is 0 Å². The average molecular weight is 318 g/mol. The fourth-order valence-electron chi connectivity index (χ4n) is 2.40. The third kappa shape index (κ3) is 2.32. The maximum absolute atomic E-state index is 4.26. The summed E-state index contributed by atoms with van der Waals surface area (Å²) in [6.07, 6.45) is 5.99. The lowest BCUT2D eigenvalue weighted by molar-refractivity contribution is 0.564. The Labute approximate surface area is 121 Å². The molecule has 2 aromatic heterocycles. The van der Waals surface area contributed by atoms with Gasteiger partial charge in [0.25, 0.3) is 0 Å². The van der Waals surface area contributed by atoms with Crippen LogP contribution in [0.4, 0.5) is 0 Å². The summed E-state index contributed by atoms with van der Waals surface area (Å²) >= 11 is 3.51. The van der Waals surface area contributed by atoms with Crippen molar-refractivity contribution in [2.75, 3.05) is 0 Å². The minimum atomic E-state index is 0.438. The van der Waals surface area contributed by atoms with Crippen molar-refractivity contribution in [2.45, 2.75) is 26.4 Å². The van der Waals surface area contributed by atoms with Crippen LogP contribution < -0.4 is 0 Å². The lowest BCUT2D eigenvalue weighted by Crippen LogP contribution is -2.08. The maximum atomic E-state index is 4.26. The normalized spacial score (nSPS) is 11.6. The topological polar surface area (TPSA) is 22.8 Å². The van der Waals surface area contributed by atoms with Crippen molar-refractivity contribution in [1.29, 1.82) is 0 Å². The Morgan fingerprint density at radius 1 is 1.26 bits per heavy atom. The highest BCUT2D eigenvalue weighted by molar-refractivity contribution is 9.10. The number of nitrogens with zero attached hydrogens (tertiary/aromatic N) is 3. The van der Waals surface area contributed by atoms with Gasteiger partial charge in [-0.2, -0.15) is 0 Å². The number of aromatic nitrogens is 3. The highest BCUT2D eigenvalue weighted by Gasteiger charge is 2.08. The predicted octanol–water partition coefficient (Wildman–Crippen LogP) is 4.23. The van der Waals surface area contributed by atoms with Gasteiger partial charge >= 0.3 is 0 Å². The van der Waals surface area contributed by atoms with E-state index in [1.807, 2.05) is 12.5 Å². The summed E-state index contributed by atoms with van der Waals surface area (Å²) in [7, 11) is 0. The van der Waals surface area contributed by atoms with Crippen LogP contribution in [0.1, 0.15) is 25.6 Å². The van der Waals surface area contributed by atoms with Crippen molar-refractivity contribution in [3.05, 3.63) is 53.2 Å². The third-order valence-corrected chi connectivity index (χ3v) is 3.86. The van der Waals surface area contributed by atoms with Gasteiger partial charge in [0.1, 0.15) is 0 Å². The highest BCUT2D eigenvalue weighted by Crippen LogP contribution is 2.22. The maximum Gasteiger partial charge on any atom is 0.0951 e. The van der Waals surface area contributed by atoms with Crippen LogP contribution in [0.5, 0.6) is 0 Å². The number of fused-ring (bicyclic) bond motifs is 1. The first kappa shape index (κ1) is 12.5. The Hall–Kier alpha value is -1.55. The molecule has 0 spiro atoms. The van der Waals surface area contributed by atoms with Crippen molar-refractivity contribution in [3.63, 3.8) is 0 Å². The lowest BCUT2D eigenvalue weighted by atomic mass is 10.2. The van der Waals surface area contributed by atoms with E-state index in [9.17, 15) is 0 Å². The van der Waals surface area contributed by atoms with E-state index in [2.05, 4.69) is 74.4 Å². The molecular weight excluding hydrogens is 302 g/mol. The molecule has 0 radical (unpaired) electrons. The first-order chi connectivity index (χ1) is 9.15. The van der Waals surface area contributed by atoms with E-state index in [1.54, 1.807) is 0 Å². The van der Waals surface area contributed by atoms with Crippen LogP contribution in [0.25, 0.3) is 10.9 Å². The second-order valence-corrected chi connectivity index (χ2v) is 5.95. The molecule has 98 valence electrons. The van der Waals surface area contributed by atoms with Gasteiger partial charge in [-0.15, -0.1) is 0 Å². The number of rotatable bonds is 3. The van der Waals surface area contributed by atoms with E-state index in [-0.39, 0.29) is 0 Å². The molecule has 0 saturated heterocycles. The standard InChI is InChI=1S/C15H16BrN3/c1-11(2)19-10-17-8-14(19)9-18-6-5-12-7-13(16)3-4-15(12)18/h3-8,10-11H,9H2,1-2H3. The fourth-order valence-corrected chi connectivity index (χ4v) is 2.78. The number of imidazole rings is 1. The molecule has 0 aliphatic rings. The van der Waals surface area contributed by atoms with Gasteiger partial charge < -0.3 is 9.13 Å². The number of halogens is 1. The zero-order valence-electron chi connectivity index (χ0n) is 11.0. The molecule has 3 aromatic rings. The van der Waals surface area contributed by atoms with E-state index < -0.39 is 0 Å². The number of hydrogen-bond donors (Lipinski definition) is 0. The minimum absolute atomic E-state index is 0.438. The molecular formula is C15H16BrN3. The Balaban J connectivity index is 1.99. The monoisotopic (exact) mass is 317 g/mol. The zero-order valence-corrected chi connectivity index (χ0v) is 12.6. The summed E-state index contributed by atoms with van der Waals surface area (Å²) in [4.78, 5) is 4.26. The first-order valence-corrected chi connectivity index (χ1v) is 7.19. The molecule has 0 bridgehead atoms. The van der Waals surface area contributed by atoms with Crippen molar-refractivity contribution in [2.24, 2.45) is 0 Å². The van der Waals surface area contributed by atoms with Crippen molar-refractivity contribution >= 4 is 26.8 Å². The van der Waals surface area contributed by atoms with Gasteiger partial charge in [0.2, 0.25) is 0 Å². The molecule has 0 saturated carbocycles. The van der Waals surface area contributed by atoms with Crippen LogP contribution in [-0.4, -0.2) is 14.1 Å². The molecule has 3 nitrogen and oxygen atoms in total. The molecule has 0 amide bonds. The minimum Gasteiger partial charge on any atom is -0.341 e. The Bertz CT molecular complexity index is 709. The van der Waals surface area contributed by atoms with E-state index in [1.165, 1.54) is 16.6 Å². The van der Waals surface area contributed by atoms with Gasteiger partial charge in [-0.1, -0.05) is 15.9 Å². The second-order valence-electron chi connectivity index (χ2n) is 5.03. The molecule has 0 aliphatic carbocycles. The molecule has 1 aromatic carbocycles. The SMILES string of the molecule is CC(C)n1cncc1Cn1ccc2cc(Br)ccc21. The molecule has 19 heavy (non-hydrogen) atoms. The summed E-state index contributed by atoms with van der Waals surface area (Å²) in [6.45, 7) is 5.20. The molecule has 0 N–H and O–H groups in total. The van der Waals surface area contributed by atoms with Gasteiger partial charge in [0.15, 0.2) is 0 Å². The van der Waals surface area contributed by atoms with Gasteiger partial charge in [-0.05, 0) is 38.1 Å². The van der Waals surface area contributed by atoms with Crippen LogP contribution in [-0.2, 0) is 6.54 Å². The average Bonchev–Trinajstić information content (AvgIpc) is 2.97. The fraction of sp³-hybridized carbons (Fsp3) is 0.267. The summed E-state index contributed by atoms with van der Waals surface area (Å²) in [6, 6.07) is 8.96. The zero-order chi connectivity index (χ0) is 13.4. The van der Waals surface area contributed by atoms with Crippen molar-refractivity contribution in [1.82, 2.24) is 14.1 Å². The Morgan fingerprint density at radius 2 is 2.11 bits per heavy atom. The van der Waals surface area contributed by atoms with Gasteiger partial charge in [0.05, 0.1) is 18.6 Å². The molecule has 0 atom stereocenters. The molecule has 2 heterocycles. The predicted molar refractivity (Wildman–Crippen MR) is 81.4 cm³/mol. The van der Waals surface area contributed by atoms with E-state index >= 15 is 0 Å². The number of hydrogen-bond acceptors (Lipinski definition) is 1. The van der Waals surface area contributed by atoms with E-state index in [0.717, 1.165) is 11.0 Å². The van der Waals surface area contributed by atoms with Crippen LogP contribution in [0.15, 0.2) is 47.5 Å². The number of benzene rings is 1.